The van der Waals surface area contributed by atoms with Crippen LogP contribution in [0.2, 0.25) is 0 Å². The minimum absolute atomic E-state index is 0.385. The molecule has 1 amide bonds. The molecule has 1 N–H and O–H groups in total. The SMILES string of the molecule is COC(=O)C(O)N(C(=O)OC(C)(C)C)C1/C=C\CCCCC1. The van der Waals surface area contributed by atoms with Gasteiger partial charge in [0.05, 0.1) is 13.2 Å². The van der Waals surface area contributed by atoms with Crippen LogP contribution >= 0.6 is 0 Å². The molecule has 0 heterocycles. The van der Waals surface area contributed by atoms with Gasteiger partial charge in [-0.2, -0.15) is 0 Å². The van der Waals surface area contributed by atoms with Gasteiger partial charge < -0.3 is 14.6 Å². The molecule has 0 saturated carbocycles. The molecule has 1 rings (SSSR count). The van der Waals surface area contributed by atoms with Crippen LogP contribution in [0.5, 0.6) is 0 Å². The number of aliphatic hydroxyl groups excluding tert-OH is 1. The zero-order valence-electron chi connectivity index (χ0n) is 13.9. The summed E-state index contributed by atoms with van der Waals surface area (Å²) in [5, 5.41) is 10.2. The lowest BCUT2D eigenvalue weighted by Crippen LogP contribution is -2.52. The number of aliphatic hydroxyl groups is 1. The standard InChI is InChI=1S/C16H27NO5/c1-16(2,3)22-15(20)17(13(18)14(19)21-4)12-10-8-6-5-7-9-11-12/h8,10,12-13,18H,5-7,9,11H2,1-4H3/b10-8-. The molecule has 0 bridgehead atoms. The van der Waals surface area contributed by atoms with Crippen molar-refractivity contribution in [3.63, 3.8) is 0 Å². The Bertz CT molecular complexity index is 413. The molecule has 126 valence electrons. The van der Waals surface area contributed by atoms with Gasteiger partial charge in [0.25, 0.3) is 0 Å². The van der Waals surface area contributed by atoms with Crippen molar-refractivity contribution in [2.24, 2.45) is 0 Å². The van der Waals surface area contributed by atoms with E-state index in [4.69, 9.17) is 4.74 Å². The fourth-order valence-electron chi connectivity index (χ4n) is 2.32. The third kappa shape index (κ3) is 5.67. The first-order valence-electron chi connectivity index (χ1n) is 7.70. The van der Waals surface area contributed by atoms with E-state index in [-0.39, 0.29) is 6.04 Å². The lowest BCUT2D eigenvalue weighted by Gasteiger charge is -2.34. The maximum absolute atomic E-state index is 12.4. The molecule has 0 radical (unpaired) electrons. The van der Waals surface area contributed by atoms with Crippen LogP contribution in [0.15, 0.2) is 12.2 Å². The van der Waals surface area contributed by atoms with Crippen molar-refractivity contribution in [2.75, 3.05) is 7.11 Å². The Kier molecular flexibility index (Phi) is 6.87. The van der Waals surface area contributed by atoms with Gasteiger partial charge in [0.2, 0.25) is 6.23 Å². The minimum atomic E-state index is -1.67. The summed E-state index contributed by atoms with van der Waals surface area (Å²) < 4.78 is 9.88. The smallest absolute Gasteiger partial charge is 0.413 e. The minimum Gasteiger partial charge on any atom is -0.466 e. The Balaban J connectivity index is 3.00. The number of nitrogens with zero attached hydrogens (tertiary/aromatic N) is 1. The highest BCUT2D eigenvalue weighted by atomic mass is 16.6. The molecule has 6 heteroatoms. The first-order valence-corrected chi connectivity index (χ1v) is 7.70. The van der Waals surface area contributed by atoms with Crippen LogP contribution in [0, 0.1) is 0 Å². The zero-order valence-corrected chi connectivity index (χ0v) is 13.9. The average molecular weight is 313 g/mol. The van der Waals surface area contributed by atoms with Crippen LogP contribution in [-0.4, -0.2) is 47.0 Å². The van der Waals surface area contributed by atoms with Crippen LogP contribution in [0.3, 0.4) is 0 Å². The van der Waals surface area contributed by atoms with Crippen molar-refractivity contribution >= 4 is 12.1 Å². The van der Waals surface area contributed by atoms with Crippen LogP contribution in [-0.2, 0) is 14.3 Å². The molecular weight excluding hydrogens is 286 g/mol. The van der Waals surface area contributed by atoms with Crippen molar-refractivity contribution < 1.29 is 24.2 Å². The van der Waals surface area contributed by atoms with E-state index in [1.165, 1.54) is 7.11 Å². The Morgan fingerprint density at radius 2 is 1.95 bits per heavy atom. The molecule has 0 aromatic rings. The Labute approximate surface area is 132 Å². The topological polar surface area (TPSA) is 76.1 Å². The molecule has 2 unspecified atom stereocenters. The second kappa shape index (κ2) is 8.17. The largest absolute Gasteiger partial charge is 0.466 e. The van der Waals surface area contributed by atoms with Crippen LogP contribution in [0.25, 0.3) is 0 Å². The molecule has 0 aromatic heterocycles. The molecule has 0 fully saturated rings. The second-order valence-corrected chi connectivity index (χ2v) is 6.42. The van der Waals surface area contributed by atoms with Gasteiger partial charge in [-0.3, -0.25) is 4.90 Å². The Morgan fingerprint density at radius 3 is 2.55 bits per heavy atom. The third-order valence-corrected chi connectivity index (χ3v) is 3.37. The molecule has 22 heavy (non-hydrogen) atoms. The highest BCUT2D eigenvalue weighted by molar-refractivity contribution is 5.80. The van der Waals surface area contributed by atoms with Gasteiger partial charge in [0.15, 0.2) is 0 Å². The summed E-state index contributed by atoms with van der Waals surface area (Å²) in [6.45, 7) is 5.21. The summed E-state index contributed by atoms with van der Waals surface area (Å²) in [7, 11) is 1.17. The second-order valence-electron chi connectivity index (χ2n) is 6.42. The fraction of sp³-hybridized carbons (Fsp3) is 0.750. The van der Waals surface area contributed by atoms with Gasteiger partial charge in [-0.15, -0.1) is 0 Å². The highest BCUT2D eigenvalue weighted by Crippen LogP contribution is 2.21. The Hall–Kier alpha value is -1.56. The number of methoxy groups -OCH3 is 1. The van der Waals surface area contributed by atoms with E-state index in [1.807, 2.05) is 12.2 Å². The normalized spacial score (nSPS) is 22.0. The predicted molar refractivity (Wildman–Crippen MR) is 82.1 cm³/mol. The lowest BCUT2D eigenvalue weighted by molar-refractivity contribution is -0.162. The predicted octanol–water partition coefficient (Wildman–Crippen LogP) is 2.60. The zero-order chi connectivity index (χ0) is 16.8. The molecule has 2 atom stereocenters. The molecule has 1 aliphatic carbocycles. The molecule has 0 aliphatic heterocycles. The molecule has 6 nitrogen and oxygen atoms in total. The quantitative estimate of drug-likeness (QED) is 0.492. The summed E-state index contributed by atoms with van der Waals surface area (Å²) >= 11 is 0. The van der Waals surface area contributed by atoms with E-state index >= 15 is 0 Å². The number of hydrogen-bond acceptors (Lipinski definition) is 5. The van der Waals surface area contributed by atoms with E-state index in [2.05, 4.69) is 4.74 Å². The van der Waals surface area contributed by atoms with Crippen molar-refractivity contribution in [3.8, 4) is 0 Å². The number of allylic oxidation sites excluding steroid dienone is 1. The molecule has 0 saturated heterocycles. The number of hydrogen-bond donors (Lipinski definition) is 1. The number of ether oxygens (including phenoxy) is 2. The monoisotopic (exact) mass is 313 g/mol. The molecule has 0 spiro atoms. The van der Waals surface area contributed by atoms with Crippen molar-refractivity contribution in [1.29, 1.82) is 0 Å². The summed E-state index contributed by atoms with van der Waals surface area (Å²) in [4.78, 5) is 25.2. The first kappa shape index (κ1) is 18.5. The van der Waals surface area contributed by atoms with E-state index in [1.54, 1.807) is 20.8 Å². The van der Waals surface area contributed by atoms with Gasteiger partial charge in [-0.1, -0.05) is 25.0 Å². The van der Waals surface area contributed by atoms with Crippen LogP contribution in [0.4, 0.5) is 4.79 Å². The summed E-state index contributed by atoms with van der Waals surface area (Å²) in [6, 6.07) is -0.385. The number of esters is 1. The summed E-state index contributed by atoms with van der Waals surface area (Å²) in [5.74, 6) is -0.874. The van der Waals surface area contributed by atoms with E-state index in [0.717, 1.165) is 30.6 Å². The molecule has 1 aliphatic rings. The third-order valence-electron chi connectivity index (χ3n) is 3.37. The van der Waals surface area contributed by atoms with E-state index < -0.39 is 23.9 Å². The number of amides is 1. The van der Waals surface area contributed by atoms with Crippen LogP contribution in [0.1, 0.15) is 52.9 Å². The van der Waals surface area contributed by atoms with Crippen molar-refractivity contribution in [2.45, 2.75) is 70.7 Å². The first-order chi connectivity index (χ1) is 10.3. The highest BCUT2D eigenvalue weighted by Gasteiger charge is 2.36. The number of carbonyl (C=O) groups is 2. The van der Waals surface area contributed by atoms with Gasteiger partial charge in [0, 0.05) is 0 Å². The van der Waals surface area contributed by atoms with E-state index in [0.29, 0.717) is 6.42 Å². The summed E-state index contributed by atoms with van der Waals surface area (Å²) in [6.07, 6.45) is 6.11. The van der Waals surface area contributed by atoms with Gasteiger partial charge in [0.1, 0.15) is 5.60 Å². The van der Waals surface area contributed by atoms with Crippen molar-refractivity contribution in [3.05, 3.63) is 12.2 Å². The van der Waals surface area contributed by atoms with Crippen LogP contribution < -0.4 is 0 Å². The molecule has 0 aromatic carbocycles. The Morgan fingerprint density at radius 1 is 1.27 bits per heavy atom. The summed E-state index contributed by atoms with van der Waals surface area (Å²) in [5.41, 5.74) is -0.712. The maximum atomic E-state index is 12.4. The van der Waals surface area contributed by atoms with Gasteiger partial charge >= 0.3 is 12.1 Å². The number of carbonyl (C=O) groups excluding carboxylic acids is 2. The van der Waals surface area contributed by atoms with E-state index in [9.17, 15) is 14.7 Å². The van der Waals surface area contributed by atoms with Gasteiger partial charge in [-0.25, -0.2) is 9.59 Å². The lowest BCUT2D eigenvalue weighted by atomic mass is 10.0. The number of rotatable bonds is 3. The van der Waals surface area contributed by atoms with Gasteiger partial charge in [-0.05, 0) is 40.0 Å². The molecular formula is C16H27NO5. The average Bonchev–Trinajstić information content (AvgIpc) is 2.38. The maximum Gasteiger partial charge on any atom is 0.413 e. The van der Waals surface area contributed by atoms with Crippen molar-refractivity contribution in [1.82, 2.24) is 4.90 Å². The fourth-order valence-corrected chi connectivity index (χ4v) is 2.32.